The maximum atomic E-state index is 14.9. The second kappa shape index (κ2) is 20.4. The molecule has 0 amide bonds. The number of hydrogen-bond donors (Lipinski definition) is 0. The fourth-order valence-electron chi connectivity index (χ4n) is 3.83. The summed E-state index contributed by atoms with van der Waals surface area (Å²) in [5, 5.41) is 0. The third-order valence-electron chi connectivity index (χ3n) is 6.60. The van der Waals surface area contributed by atoms with Crippen LogP contribution in [0, 0.1) is 5.82 Å². The van der Waals surface area contributed by atoms with Crippen molar-refractivity contribution in [3.05, 3.63) is 120 Å². The number of halogens is 1. The lowest BCUT2D eigenvalue weighted by Gasteiger charge is -2.18. The van der Waals surface area contributed by atoms with Gasteiger partial charge in [0.15, 0.2) is 0 Å². The van der Waals surface area contributed by atoms with E-state index in [1.54, 1.807) is 89.2 Å². The third kappa shape index (κ3) is 12.7. The Hall–Kier alpha value is -5.83. The molecule has 0 aliphatic rings. The number of aldehydes is 2. The van der Waals surface area contributed by atoms with Crippen LogP contribution in [0.1, 0.15) is 52.7 Å². The molecule has 0 radical (unpaired) electrons. The van der Waals surface area contributed by atoms with Gasteiger partial charge in [0.05, 0.1) is 14.2 Å². The maximum absolute atomic E-state index is 14.9. The number of allylic oxidation sites excluding steroid dienone is 5. The van der Waals surface area contributed by atoms with Crippen molar-refractivity contribution in [2.75, 3.05) is 14.2 Å². The van der Waals surface area contributed by atoms with E-state index in [0.29, 0.717) is 50.7 Å². The van der Waals surface area contributed by atoms with Crippen LogP contribution < -0.4 is 18.9 Å². The molecule has 0 saturated carbocycles. The van der Waals surface area contributed by atoms with E-state index in [1.807, 2.05) is 6.92 Å². The molecule has 49 heavy (non-hydrogen) atoms. The number of esters is 2. The lowest BCUT2D eigenvalue weighted by Crippen LogP contribution is -2.10. The third-order valence-corrected chi connectivity index (χ3v) is 6.60. The number of ether oxygens (including phenoxy) is 4. The normalized spacial score (nSPS) is 10.6. The first kappa shape index (κ1) is 41.2. The minimum Gasteiger partial charge on any atom is -0.497 e. The van der Waals surface area contributed by atoms with Gasteiger partial charge in [-0.1, -0.05) is 37.9 Å². The molecule has 0 spiro atoms. The van der Waals surface area contributed by atoms with Gasteiger partial charge in [-0.05, 0) is 106 Å². The van der Waals surface area contributed by atoms with Gasteiger partial charge in [-0.3, -0.25) is 9.59 Å². The molecule has 3 aromatic carbocycles. The maximum Gasteiger partial charge on any atom is 0.338 e. The highest BCUT2D eigenvalue weighted by atomic mass is 19.1. The van der Waals surface area contributed by atoms with E-state index in [1.165, 1.54) is 26.4 Å². The Kier molecular flexibility index (Phi) is 17.2. The summed E-state index contributed by atoms with van der Waals surface area (Å²) in [6.45, 7) is 20.7. The van der Waals surface area contributed by atoms with Gasteiger partial charge in [0.1, 0.15) is 41.4 Å². The van der Waals surface area contributed by atoms with Crippen molar-refractivity contribution in [2.45, 2.75) is 41.5 Å². The largest absolute Gasteiger partial charge is 0.497 e. The molecule has 8 nitrogen and oxygen atoms in total. The molecular formula is C40H43FO8. The van der Waals surface area contributed by atoms with Gasteiger partial charge in [0.2, 0.25) is 0 Å². The van der Waals surface area contributed by atoms with Crippen molar-refractivity contribution in [3.8, 4) is 34.1 Å². The predicted molar refractivity (Wildman–Crippen MR) is 192 cm³/mol. The molecule has 0 aromatic heterocycles. The van der Waals surface area contributed by atoms with E-state index < -0.39 is 17.8 Å². The molecule has 0 saturated heterocycles. The summed E-state index contributed by atoms with van der Waals surface area (Å²) in [6.07, 6.45) is 4.60. The Morgan fingerprint density at radius 3 is 1.65 bits per heavy atom. The van der Waals surface area contributed by atoms with Gasteiger partial charge in [0, 0.05) is 33.9 Å². The SMILES string of the molecule is C/C=C/C=O.C=C(C)C(=O)Oc1ccc(-c2cc(OC(=O)C(=C)C)c(/C(C)=C(\C)c3ccc(OC)cc3F)cc2OC)cc1.C=C(C)C=O. The second-order valence-corrected chi connectivity index (χ2v) is 10.6. The van der Waals surface area contributed by atoms with Crippen LogP contribution in [0.2, 0.25) is 0 Å². The van der Waals surface area contributed by atoms with Crippen molar-refractivity contribution in [3.63, 3.8) is 0 Å². The molecule has 3 aromatic rings. The number of carbonyl (C=O) groups excluding carboxylic acids is 4. The van der Waals surface area contributed by atoms with Gasteiger partial charge >= 0.3 is 11.9 Å². The van der Waals surface area contributed by atoms with Crippen LogP contribution >= 0.6 is 0 Å². The Morgan fingerprint density at radius 2 is 1.22 bits per heavy atom. The first-order valence-electron chi connectivity index (χ1n) is 14.9. The van der Waals surface area contributed by atoms with Crippen LogP contribution in [0.25, 0.3) is 22.3 Å². The van der Waals surface area contributed by atoms with Crippen LogP contribution in [-0.4, -0.2) is 38.7 Å². The summed E-state index contributed by atoms with van der Waals surface area (Å²) in [5.41, 5.74) is 4.68. The predicted octanol–water partition coefficient (Wildman–Crippen LogP) is 8.95. The molecule has 9 heteroatoms. The Balaban J connectivity index is 0.00000105. The van der Waals surface area contributed by atoms with Crippen LogP contribution in [0.3, 0.4) is 0 Å². The molecule has 0 heterocycles. The topological polar surface area (TPSA) is 105 Å². The molecule has 3 rings (SSSR count). The highest BCUT2D eigenvalue weighted by molar-refractivity contribution is 5.95. The molecule has 0 unspecified atom stereocenters. The number of carbonyl (C=O) groups is 4. The van der Waals surface area contributed by atoms with Gasteiger partial charge < -0.3 is 18.9 Å². The quantitative estimate of drug-likeness (QED) is 0.0655. The van der Waals surface area contributed by atoms with Gasteiger partial charge in [-0.2, -0.15) is 0 Å². The van der Waals surface area contributed by atoms with Crippen LogP contribution in [0.4, 0.5) is 4.39 Å². The molecule has 0 aliphatic carbocycles. The van der Waals surface area contributed by atoms with Crippen LogP contribution in [-0.2, 0) is 19.2 Å². The first-order chi connectivity index (χ1) is 23.1. The molecule has 0 aliphatic heterocycles. The highest BCUT2D eigenvalue weighted by Gasteiger charge is 2.20. The second-order valence-electron chi connectivity index (χ2n) is 10.6. The average molecular weight is 671 g/mol. The lowest BCUT2D eigenvalue weighted by molar-refractivity contribution is -0.130. The highest BCUT2D eigenvalue weighted by Crippen LogP contribution is 2.42. The zero-order chi connectivity index (χ0) is 37.3. The minimum atomic E-state index is -0.601. The van der Waals surface area contributed by atoms with Crippen molar-refractivity contribution in [1.82, 2.24) is 0 Å². The summed E-state index contributed by atoms with van der Waals surface area (Å²) in [5.74, 6) is -0.0595. The van der Waals surface area contributed by atoms with E-state index in [2.05, 4.69) is 19.7 Å². The van der Waals surface area contributed by atoms with E-state index in [4.69, 9.17) is 18.9 Å². The summed E-state index contributed by atoms with van der Waals surface area (Å²) in [6, 6.07) is 14.9. The van der Waals surface area contributed by atoms with E-state index in [-0.39, 0.29) is 16.9 Å². The summed E-state index contributed by atoms with van der Waals surface area (Å²) in [7, 11) is 3.00. The zero-order valence-electron chi connectivity index (χ0n) is 29.3. The van der Waals surface area contributed by atoms with Crippen molar-refractivity contribution < 1.29 is 42.5 Å². The molecule has 0 bridgehead atoms. The standard InChI is InChI=1S/C32H31FO6.2C4H6O/c1-18(2)31(34)38-23-11-9-22(10-12-23)27-17-30(39-32(35)19(3)4)26(16-29(27)37-8)21(6)20(5)25-14-13-24(36-7)15-28(25)33;1-4(2)3-5;1-2-3-4-5/h9-17H,1,3H2,2,4-8H3;3H,1H2,2H3;2-4H,1H3/b21-20+;;3-2+. The Morgan fingerprint density at radius 1 is 0.694 bits per heavy atom. The zero-order valence-corrected chi connectivity index (χ0v) is 29.3. The molecule has 258 valence electrons. The number of rotatable bonds is 11. The average Bonchev–Trinajstić information content (AvgIpc) is 3.08. The Bertz CT molecular complexity index is 1760. The number of benzene rings is 3. The molecule has 0 fully saturated rings. The summed E-state index contributed by atoms with van der Waals surface area (Å²) >= 11 is 0. The van der Waals surface area contributed by atoms with Crippen LogP contribution in [0.15, 0.2) is 103 Å². The van der Waals surface area contributed by atoms with Crippen LogP contribution in [0.5, 0.6) is 23.0 Å². The van der Waals surface area contributed by atoms with Gasteiger partial charge in [0.25, 0.3) is 0 Å². The fourth-order valence-corrected chi connectivity index (χ4v) is 3.83. The van der Waals surface area contributed by atoms with Crippen molar-refractivity contribution >= 4 is 35.7 Å². The van der Waals surface area contributed by atoms with Gasteiger partial charge in [-0.15, -0.1) is 0 Å². The smallest absolute Gasteiger partial charge is 0.338 e. The number of hydrogen-bond acceptors (Lipinski definition) is 8. The lowest BCUT2D eigenvalue weighted by atomic mass is 9.93. The Labute approximate surface area is 287 Å². The van der Waals surface area contributed by atoms with E-state index in [0.717, 1.165) is 18.1 Å². The van der Waals surface area contributed by atoms with E-state index in [9.17, 15) is 23.6 Å². The fraction of sp³-hybridized carbons (Fsp3) is 0.200. The van der Waals surface area contributed by atoms with E-state index >= 15 is 0 Å². The summed E-state index contributed by atoms with van der Waals surface area (Å²) < 4.78 is 36.7. The molecular weight excluding hydrogens is 627 g/mol. The monoisotopic (exact) mass is 670 g/mol. The first-order valence-corrected chi connectivity index (χ1v) is 14.9. The van der Waals surface area contributed by atoms with Crippen molar-refractivity contribution in [2.24, 2.45) is 0 Å². The number of methoxy groups -OCH3 is 2. The minimum absolute atomic E-state index is 0.224. The molecule has 0 atom stereocenters. The molecule has 0 N–H and O–H groups in total. The van der Waals surface area contributed by atoms with Gasteiger partial charge in [-0.25, -0.2) is 14.0 Å². The summed E-state index contributed by atoms with van der Waals surface area (Å²) in [4.78, 5) is 43.1. The van der Waals surface area contributed by atoms with Crippen molar-refractivity contribution in [1.29, 1.82) is 0 Å².